The van der Waals surface area contributed by atoms with Crippen molar-refractivity contribution in [1.29, 1.82) is 0 Å². The molecule has 0 radical (unpaired) electrons. The van der Waals surface area contributed by atoms with E-state index in [0.717, 1.165) is 42.6 Å². The van der Waals surface area contributed by atoms with Crippen LogP contribution < -0.4 is 15.4 Å². The third-order valence-electron chi connectivity index (χ3n) is 3.61. The Balaban J connectivity index is 1.71. The molecule has 0 unspecified atom stereocenters. The Morgan fingerprint density at radius 1 is 1.14 bits per heavy atom. The average molecular weight is 305 g/mol. The molecule has 1 N–H and O–H groups in total. The number of anilines is 2. The SMILES string of the molecule is Cc1cc(=O)[nH]c(N2CCN(c3cccc(Cl)c3)CC2)n1. The summed E-state index contributed by atoms with van der Waals surface area (Å²) in [6, 6.07) is 9.39. The van der Waals surface area contributed by atoms with Crippen LogP contribution in [0.1, 0.15) is 5.69 Å². The van der Waals surface area contributed by atoms with Crippen LogP contribution in [0.25, 0.3) is 0 Å². The third kappa shape index (κ3) is 3.19. The van der Waals surface area contributed by atoms with Crippen molar-refractivity contribution in [2.45, 2.75) is 6.92 Å². The minimum Gasteiger partial charge on any atom is -0.368 e. The molecular formula is C15H17ClN4O. The molecule has 1 aliphatic rings. The molecule has 2 aromatic rings. The van der Waals surface area contributed by atoms with Crippen molar-refractivity contribution >= 4 is 23.2 Å². The molecule has 1 aromatic carbocycles. The number of hydrogen-bond donors (Lipinski definition) is 1. The standard InChI is InChI=1S/C15H17ClN4O/c1-11-9-14(21)18-15(17-11)20-7-5-19(6-8-20)13-4-2-3-12(16)10-13/h2-4,9-10H,5-8H2,1H3,(H,17,18,21). The molecular weight excluding hydrogens is 288 g/mol. The maximum Gasteiger partial charge on any atom is 0.252 e. The molecule has 0 amide bonds. The van der Waals surface area contributed by atoms with Gasteiger partial charge in [0.2, 0.25) is 5.95 Å². The van der Waals surface area contributed by atoms with E-state index in [1.54, 1.807) is 0 Å². The van der Waals surface area contributed by atoms with E-state index in [9.17, 15) is 4.79 Å². The molecule has 21 heavy (non-hydrogen) atoms. The van der Waals surface area contributed by atoms with E-state index < -0.39 is 0 Å². The fourth-order valence-electron chi connectivity index (χ4n) is 2.56. The maximum atomic E-state index is 11.5. The molecule has 0 aliphatic carbocycles. The molecule has 1 aromatic heterocycles. The summed E-state index contributed by atoms with van der Waals surface area (Å²) in [7, 11) is 0. The summed E-state index contributed by atoms with van der Waals surface area (Å²) in [5, 5.41) is 0.750. The van der Waals surface area contributed by atoms with Crippen LogP contribution in [0.15, 0.2) is 35.1 Å². The van der Waals surface area contributed by atoms with E-state index in [4.69, 9.17) is 11.6 Å². The van der Waals surface area contributed by atoms with E-state index in [0.29, 0.717) is 5.95 Å². The molecule has 0 atom stereocenters. The van der Waals surface area contributed by atoms with Crippen LogP contribution in [0.5, 0.6) is 0 Å². The molecule has 5 nitrogen and oxygen atoms in total. The molecule has 6 heteroatoms. The number of benzene rings is 1. The highest BCUT2D eigenvalue weighted by Gasteiger charge is 2.19. The van der Waals surface area contributed by atoms with Gasteiger partial charge in [-0.2, -0.15) is 0 Å². The summed E-state index contributed by atoms with van der Waals surface area (Å²) >= 11 is 6.04. The summed E-state index contributed by atoms with van der Waals surface area (Å²) in [5.74, 6) is 0.658. The second-order valence-corrected chi connectivity index (χ2v) is 5.60. The number of piperazine rings is 1. The molecule has 110 valence electrons. The zero-order chi connectivity index (χ0) is 14.8. The van der Waals surface area contributed by atoms with Crippen LogP contribution in [0.3, 0.4) is 0 Å². The highest BCUT2D eigenvalue weighted by molar-refractivity contribution is 6.30. The third-order valence-corrected chi connectivity index (χ3v) is 3.84. The zero-order valence-electron chi connectivity index (χ0n) is 11.8. The topological polar surface area (TPSA) is 52.2 Å². The van der Waals surface area contributed by atoms with Crippen LogP contribution in [0, 0.1) is 6.92 Å². The van der Waals surface area contributed by atoms with Gasteiger partial charge >= 0.3 is 0 Å². The predicted octanol–water partition coefficient (Wildman–Crippen LogP) is 2.06. The summed E-state index contributed by atoms with van der Waals surface area (Å²) in [6.45, 7) is 5.22. The minimum atomic E-state index is -0.102. The number of nitrogens with zero attached hydrogens (tertiary/aromatic N) is 3. The zero-order valence-corrected chi connectivity index (χ0v) is 12.6. The molecule has 1 aliphatic heterocycles. The molecule has 1 saturated heterocycles. The van der Waals surface area contributed by atoms with E-state index in [1.807, 2.05) is 25.1 Å². The second kappa shape index (κ2) is 5.77. The Labute approximate surface area is 128 Å². The van der Waals surface area contributed by atoms with Crippen LogP contribution in [0.2, 0.25) is 5.02 Å². The maximum absolute atomic E-state index is 11.5. The van der Waals surface area contributed by atoms with E-state index in [1.165, 1.54) is 6.07 Å². The average Bonchev–Trinajstić information content (AvgIpc) is 2.46. The van der Waals surface area contributed by atoms with Gasteiger partial charge in [-0.3, -0.25) is 9.78 Å². The van der Waals surface area contributed by atoms with Crippen LogP contribution in [0.4, 0.5) is 11.6 Å². The number of halogens is 1. The number of aromatic nitrogens is 2. The van der Waals surface area contributed by atoms with Crippen LogP contribution >= 0.6 is 11.6 Å². The Hall–Kier alpha value is -2.01. The first-order chi connectivity index (χ1) is 10.1. The number of hydrogen-bond acceptors (Lipinski definition) is 4. The van der Waals surface area contributed by atoms with Crippen LogP contribution in [-0.2, 0) is 0 Å². The first-order valence-electron chi connectivity index (χ1n) is 6.95. The summed E-state index contributed by atoms with van der Waals surface area (Å²) in [4.78, 5) is 23.1. The van der Waals surface area contributed by atoms with Gasteiger partial charge in [0.1, 0.15) is 0 Å². The molecule has 2 heterocycles. The van der Waals surface area contributed by atoms with Crippen molar-refractivity contribution in [3.05, 3.63) is 51.4 Å². The molecule has 1 fully saturated rings. The van der Waals surface area contributed by atoms with Gasteiger partial charge in [0.15, 0.2) is 0 Å². The minimum absolute atomic E-state index is 0.102. The van der Waals surface area contributed by atoms with Gasteiger partial charge in [0.25, 0.3) is 5.56 Å². The lowest BCUT2D eigenvalue weighted by atomic mass is 10.2. The normalized spacial score (nSPS) is 15.3. The van der Waals surface area contributed by atoms with E-state index in [2.05, 4.69) is 25.8 Å². The largest absolute Gasteiger partial charge is 0.368 e. The van der Waals surface area contributed by atoms with Crippen LogP contribution in [-0.4, -0.2) is 36.1 Å². The summed E-state index contributed by atoms with van der Waals surface area (Å²) < 4.78 is 0. The Morgan fingerprint density at radius 2 is 1.86 bits per heavy atom. The molecule has 3 rings (SSSR count). The van der Waals surface area contributed by atoms with Crippen molar-refractivity contribution in [3.63, 3.8) is 0 Å². The fraction of sp³-hybridized carbons (Fsp3) is 0.333. The van der Waals surface area contributed by atoms with Gasteiger partial charge in [-0.15, -0.1) is 0 Å². The Morgan fingerprint density at radius 3 is 2.52 bits per heavy atom. The summed E-state index contributed by atoms with van der Waals surface area (Å²) in [6.07, 6.45) is 0. The van der Waals surface area contributed by atoms with Gasteiger partial charge in [-0.1, -0.05) is 17.7 Å². The van der Waals surface area contributed by atoms with Crippen molar-refractivity contribution < 1.29 is 0 Å². The van der Waals surface area contributed by atoms with Gasteiger partial charge in [0, 0.05) is 48.6 Å². The smallest absolute Gasteiger partial charge is 0.252 e. The molecule has 0 saturated carbocycles. The number of rotatable bonds is 2. The van der Waals surface area contributed by atoms with Gasteiger partial charge in [0.05, 0.1) is 0 Å². The highest BCUT2D eigenvalue weighted by Crippen LogP contribution is 2.21. The van der Waals surface area contributed by atoms with E-state index in [-0.39, 0.29) is 5.56 Å². The highest BCUT2D eigenvalue weighted by atomic mass is 35.5. The lowest BCUT2D eigenvalue weighted by molar-refractivity contribution is 0.638. The number of nitrogens with one attached hydrogen (secondary N) is 1. The number of H-pyrrole nitrogens is 1. The van der Waals surface area contributed by atoms with Gasteiger partial charge in [-0.05, 0) is 25.1 Å². The number of aryl methyl sites for hydroxylation is 1. The Kier molecular flexibility index (Phi) is 3.84. The first-order valence-corrected chi connectivity index (χ1v) is 7.33. The second-order valence-electron chi connectivity index (χ2n) is 5.16. The Bertz CT molecular complexity index is 692. The molecule has 0 spiro atoms. The fourth-order valence-corrected chi connectivity index (χ4v) is 2.75. The van der Waals surface area contributed by atoms with Crippen molar-refractivity contribution in [2.24, 2.45) is 0 Å². The number of aromatic amines is 1. The quantitative estimate of drug-likeness (QED) is 0.923. The van der Waals surface area contributed by atoms with Gasteiger partial charge < -0.3 is 9.80 Å². The van der Waals surface area contributed by atoms with Crippen molar-refractivity contribution in [1.82, 2.24) is 9.97 Å². The lowest BCUT2D eigenvalue weighted by Gasteiger charge is -2.36. The molecule has 0 bridgehead atoms. The predicted molar refractivity (Wildman–Crippen MR) is 85.5 cm³/mol. The lowest BCUT2D eigenvalue weighted by Crippen LogP contribution is -2.47. The van der Waals surface area contributed by atoms with Crippen molar-refractivity contribution in [2.75, 3.05) is 36.0 Å². The van der Waals surface area contributed by atoms with Gasteiger partial charge in [-0.25, -0.2) is 4.98 Å². The summed E-state index contributed by atoms with van der Waals surface area (Å²) in [5.41, 5.74) is 1.77. The monoisotopic (exact) mass is 304 g/mol. The first kappa shape index (κ1) is 13.9. The van der Waals surface area contributed by atoms with E-state index >= 15 is 0 Å². The van der Waals surface area contributed by atoms with Crippen molar-refractivity contribution in [3.8, 4) is 0 Å².